The highest BCUT2D eigenvalue weighted by molar-refractivity contribution is 7.86. The summed E-state index contributed by atoms with van der Waals surface area (Å²) >= 11 is 5.93. The lowest BCUT2D eigenvalue weighted by molar-refractivity contribution is -0.142. The topological polar surface area (TPSA) is 134 Å². The van der Waals surface area contributed by atoms with Crippen LogP contribution in [0.4, 0.5) is 0 Å². The van der Waals surface area contributed by atoms with Crippen LogP contribution in [0.5, 0.6) is 0 Å². The average molecular weight is 524 g/mol. The van der Waals surface area contributed by atoms with Crippen LogP contribution in [0, 0.1) is 23.2 Å². The highest BCUT2D eigenvalue weighted by atomic mass is 35.5. The van der Waals surface area contributed by atoms with E-state index in [0.29, 0.717) is 49.4 Å². The van der Waals surface area contributed by atoms with E-state index in [1.54, 1.807) is 29.2 Å². The standard InChI is InChI=1S/C23H30ClN5O5S/c24-19-7-5-17(6-8-19)20(15-30)26-22(31)21-4-2-10-29(21)23(32)18-3-1-9-27(14-18)35(33,34)28-12-16(11-25)13-28/h5-8,16,18,20-21,30H,1-4,9-10,12-15H2,(H,26,31)/t18-,20?,21+/m0/s1. The largest absolute Gasteiger partial charge is 0.394 e. The zero-order chi connectivity index (χ0) is 25.2. The minimum Gasteiger partial charge on any atom is -0.394 e. The lowest BCUT2D eigenvalue weighted by atomic mass is 9.97. The number of amides is 2. The molecule has 2 amide bonds. The fraction of sp³-hybridized carbons (Fsp3) is 0.609. The van der Waals surface area contributed by atoms with Gasteiger partial charge in [-0.2, -0.15) is 22.3 Å². The van der Waals surface area contributed by atoms with Gasteiger partial charge in [-0.1, -0.05) is 23.7 Å². The van der Waals surface area contributed by atoms with E-state index in [0.717, 1.165) is 0 Å². The summed E-state index contributed by atoms with van der Waals surface area (Å²) in [6, 6.07) is 7.61. The minimum absolute atomic E-state index is 0.0732. The Kier molecular flexibility index (Phi) is 7.98. The van der Waals surface area contributed by atoms with Crippen LogP contribution in [0.1, 0.15) is 37.3 Å². The van der Waals surface area contributed by atoms with Gasteiger partial charge in [-0.15, -0.1) is 0 Å². The second-order valence-corrected chi connectivity index (χ2v) is 11.7. The number of halogens is 1. The first-order valence-corrected chi connectivity index (χ1v) is 13.6. The Hall–Kier alpha value is -2.23. The average Bonchev–Trinajstić information content (AvgIpc) is 3.32. The zero-order valence-corrected chi connectivity index (χ0v) is 20.9. The number of hydrogen-bond acceptors (Lipinski definition) is 6. The molecule has 1 unspecified atom stereocenters. The van der Waals surface area contributed by atoms with Gasteiger partial charge in [0.1, 0.15) is 6.04 Å². The van der Waals surface area contributed by atoms with Crippen molar-refractivity contribution in [3.63, 3.8) is 0 Å². The molecule has 1 aromatic rings. The molecule has 0 radical (unpaired) electrons. The number of hydrogen-bond donors (Lipinski definition) is 2. The molecule has 0 spiro atoms. The Balaban J connectivity index is 1.39. The lowest BCUT2D eigenvalue weighted by Gasteiger charge is -2.41. The van der Waals surface area contributed by atoms with Crippen LogP contribution in [0.3, 0.4) is 0 Å². The number of rotatable bonds is 7. The second-order valence-electron chi connectivity index (χ2n) is 9.33. The maximum atomic E-state index is 13.4. The fourth-order valence-corrected chi connectivity index (χ4v) is 6.88. The summed E-state index contributed by atoms with van der Waals surface area (Å²) < 4.78 is 28.5. The summed E-state index contributed by atoms with van der Waals surface area (Å²) in [6.45, 7) is 0.907. The Morgan fingerprint density at radius 2 is 1.80 bits per heavy atom. The number of likely N-dealkylation sites (tertiary alicyclic amines) is 1. The van der Waals surface area contributed by atoms with Crippen molar-refractivity contribution >= 4 is 33.6 Å². The van der Waals surface area contributed by atoms with Crippen molar-refractivity contribution in [2.75, 3.05) is 39.3 Å². The van der Waals surface area contributed by atoms with Crippen LogP contribution in [-0.4, -0.2) is 84.2 Å². The van der Waals surface area contributed by atoms with E-state index in [1.165, 1.54) is 8.61 Å². The van der Waals surface area contributed by atoms with E-state index >= 15 is 0 Å². The summed E-state index contributed by atoms with van der Waals surface area (Å²) in [4.78, 5) is 28.1. The maximum absolute atomic E-state index is 13.4. The third-order valence-electron chi connectivity index (χ3n) is 7.03. The molecule has 10 nitrogen and oxygen atoms in total. The molecule has 12 heteroatoms. The zero-order valence-electron chi connectivity index (χ0n) is 19.3. The van der Waals surface area contributed by atoms with Crippen LogP contribution in [-0.2, 0) is 19.8 Å². The number of nitriles is 1. The number of carbonyl (C=O) groups is 2. The van der Waals surface area contributed by atoms with Gasteiger partial charge >= 0.3 is 0 Å². The molecular weight excluding hydrogens is 494 g/mol. The summed E-state index contributed by atoms with van der Waals surface area (Å²) in [6.07, 6.45) is 2.29. The minimum atomic E-state index is -3.71. The Labute approximate surface area is 210 Å². The predicted octanol–water partition coefficient (Wildman–Crippen LogP) is 0.893. The number of aliphatic hydroxyl groups is 1. The molecule has 3 fully saturated rings. The number of carbonyl (C=O) groups excluding carboxylic acids is 2. The Morgan fingerprint density at radius 1 is 1.11 bits per heavy atom. The highest BCUT2D eigenvalue weighted by Crippen LogP contribution is 2.29. The molecular formula is C23H30ClN5O5S. The quantitative estimate of drug-likeness (QED) is 0.545. The van der Waals surface area contributed by atoms with Crippen molar-refractivity contribution in [2.45, 2.75) is 37.8 Å². The number of aliphatic hydroxyl groups excluding tert-OH is 1. The number of piperidine rings is 1. The smallest absolute Gasteiger partial charge is 0.282 e. The summed E-state index contributed by atoms with van der Waals surface area (Å²) in [5.41, 5.74) is 0.707. The van der Waals surface area contributed by atoms with Gasteiger partial charge in [-0.25, -0.2) is 0 Å². The normalized spacial score (nSPS) is 25.0. The van der Waals surface area contributed by atoms with E-state index in [-0.39, 0.29) is 44.0 Å². The first kappa shape index (κ1) is 25.9. The molecule has 0 bridgehead atoms. The van der Waals surface area contributed by atoms with Gasteiger partial charge in [0.05, 0.1) is 30.6 Å². The number of benzene rings is 1. The maximum Gasteiger partial charge on any atom is 0.282 e. The monoisotopic (exact) mass is 523 g/mol. The van der Waals surface area contributed by atoms with Crippen molar-refractivity contribution in [2.24, 2.45) is 11.8 Å². The molecule has 3 heterocycles. The first-order valence-electron chi connectivity index (χ1n) is 11.9. The second kappa shape index (κ2) is 10.8. The van der Waals surface area contributed by atoms with Gasteiger partial charge in [-0.05, 0) is 43.4 Å². The van der Waals surface area contributed by atoms with Gasteiger partial charge in [0.2, 0.25) is 11.8 Å². The molecule has 0 saturated carbocycles. The van der Waals surface area contributed by atoms with Gasteiger partial charge < -0.3 is 15.3 Å². The Bertz CT molecular complexity index is 1090. The molecule has 4 rings (SSSR count). The molecule has 1 aromatic carbocycles. The van der Waals surface area contributed by atoms with Crippen LogP contribution in [0.25, 0.3) is 0 Å². The molecule has 3 saturated heterocycles. The molecule has 0 aliphatic carbocycles. The van der Waals surface area contributed by atoms with Crippen LogP contribution >= 0.6 is 11.6 Å². The van der Waals surface area contributed by atoms with Crippen molar-refractivity contribution < 1.29 is 23.1 Å². The molecule has 3 aliphatic rings. The molecule has 35 heavy (non-hydrogen) atoms. The fourth-order valence-electron chi connectivity index (χ4n) is 4.96. The van der Waals surface area contributed by atoms with Gasteiger partial charge in [0, 0.05) is 37.7 Å². The van der Waals surface area contributed by atoms with Crippen LogP contribution in [0.2, 0.25) is 5.02 Å². The summed E-state index contributed by atoms with van der Waals surface area (Å²) in [5, 5.41) is 22.1. The summed E-state index contributed by atoms with van der Waals surface area (Å²) in [7, 11) is -3.71. The van der Waals surface area contributed by atoms with Gasteiger partial charge in [0.15, 0.2) is 0 Å². The first-order chi connectivity index (χ1) is 16.7. The van der Waals surface area contributed by atoms with E-state index in [1.807, 2.05) is 0 Å². The number of nitrogens with one attached hydrogen (secondary N) is 1. The van der Waals surface area contributed by atoms with Crippen LogP contribution in [0.15, 0.2) is 24.3 Å². The SMILES string of the molecule is N#CC1CN(S(=O)(=O)N2CCC[C@H](C(=O)N3CCC[C@@H]3C(=O)NC(CO)c3ccc(Cl)cc3)C2)C1. The molecule has 3 atom stereocenters. The van der Waals surface area contributed by atoms with Crippen molar-refractivity contribution in [3.05, 3.63) is 34.9 Å². The van der Waals surface area contributed by atoms with Gasteiger partial charge in [-0.3, -0.25) is 9.59 Å². The van der Waals surface area contributed by atoms with E-state index in [2.05, 4.69) is 11.4 Å². The van der Waals surface area contributed by atoms with E-state index < -0.39 is 28.2 Å². The molecule has 190 valence electrons. The third-order valence-corrected chi connectivity index (χ3v) is 9.21. The summed E-state index contributed by atoms with van der Waals surface area (Å²) in [5.74, 6) is -1.36. The lowest BCUT2D eigenvalue weighted by Crippen LogP contribution is -2.57. The molecule has 0 aromatic heterocycles. The Morgan fingerprint density at radius 3 is 2.46 bits per heavy atom. The van der Waals surface area contributed by atoms with Gasteiger partial charge in [0.25, 0.3) is 10.2 Å². The molecule has 2 N–H and O–H groups in total. The molecule has 3 aliphatic heterocycles. The van der Waals surface area contributed by atoms with Crippen molar-refractivity contribution in [3.8, 4) is 6.07 Å². The van der Waals surface area contributed by atoms with E-state index in [9.17, 15) is 23.1 Å². The van der Waals surface area contributed by atoms with E-state index in [4.69, 9.17) is 16.9 Å². The highest BCUT2D eigenvalue weighted by Gasteiger charge is 2.44. The predicted molar refractivity (Wildman–Crippen MR) is 128 cm³/mol. The number of nitrogens with zero attached hydrogens (tertiary/aromatic N) is 4. The van der Waals surface area contributed by atoms with Crippen molar-refractivity contribution in [1.82, 2.24) is 18.8 Å². The third kappa shape index (κ3) is 5.47. The van der Waals surface area contributed by atoms with Crippen LogP contribution < -0.4 is 5.32 Å². The van der Waals surface area contributed by atoms with Crippen molar-refractivity contribution in [1.29, 1.82) is 5.26 Å².